The van der Waals surface area contributed by atoms with E-state index in [2.05, 4.69) is 17.6 Å². The van der Waals surface area contributed by atoms with Crippen LogP contribution in [0, 0.1) is 5.92 Å². The average Bonchev–Trinajstić information content (AvgIpc) is 3.62. The van der Waals surface area contributed by atoms with Gasteiger partial charge in [-0.3, -0.25) is 24.5 Å². The van der Waals surface area contributed by atoms with Crippen LogP contribution in [0.3, 0.4) is 0 Å². The molecule has 2 fully saturated rings. The Labute approximate surface area is 293 Å². The lowest BCUT2D eigenvalue weighted by Crippen LogP contribution is -2.62. The number of unbranched alkanes of at least 4 members (excludes halogenated alkanes) is 4. The van der Waals surface area contributed by atoms with Gasteiger partial charge in [0.25, 0.3) is 6.41 Å². The van der Waals surface area contributed by atoms with E-state index >= 15 is 0 Å². The molecule has 12 nitrogen and oxygen atoms in total. The number of nitrogens with two attached hydrogens (primary N) is 1. The quantitative estimate of drug-likeness (QED) is 0.107. The largest absolute Gasteiger partial charge is 0.451 e. The Morgan fingerprint density at radius 3 is 2.31 bits per heavy atom. The fraction of sp³-hybridized carbons (Fsp3) is 0.730. The number of benzene rings is 1. The molecule has 1 saturated heterocycles. The Bertz CT molecular complexity index is 1200. The number of rotatable bonds is 22. The van der Waals surface area contributed by atoms with E-state index in [4.69, 9.17) is 10.5 Å². The number of primary amides is 1. The van der Waals surface area contributed by atoms with Gasteiger partial charge in [0.1, 0.15) is 23.5 Å². The van der Waals surface area contributed by atoms with Crippen LogP contribution in [0.15, 0.2) is 24.3 Å². The molecule has 1 saturated carbocycles. The molecule has 276 valence electrons. The summed E-state index contributed by atoms with van der Waals surface area (Å²) in [5.74, 6) is -0.362. The fourth-order valence-corrected chi connectivity index (χ4v) is 7.21. The molecule has 1 aliphatic heterocycles. The molecule has 1 spiro atoms. The van der Waals surface area contributed by atoms with Crippen molar-refractivity contribution in [2.75, 3.05) is 33.7 Å². The van der Waals surface area contributed by atoms with Gasteiger partial charge in [0, 0.05) is 38.9 Å². The maximum Gasteiger partial charge on any atom is 0.257 e. The Morgan fingerprint density at radius 1 is 1.02 bits per heavy atom. The number of nitrogens with one attached hydrogen (secondary N) is 2. The van der Waals surface area contributed by atoms with Gasteiger partial charge in [-0.05, 0) is 82.7 Å². The molecule has 0 aromatic heterocycles. The van der Waals surface area contributed by atoms with E-state index in [1.807, 2.05) is 54.8 Å². The van der Waals surface area contributed by atoms with E-state index < -0.39 is 24.2 Å². The number of hydrogen-bond donors (Lipinski definition) is 4. The SMILES string of the molecule is CCCCCC(=O)N1C(Cc2ccc(OC(O)NCCN(C)C)cc2)C(=O)N(C(C(=O)NCCCCCC(N)=O)C(C)CC)C12CCCC2. The van der Waals surface area contributed by atoms with E-state index in [1.165, 1.54) is 0 Å². The number of aliphatic hydroxyl groups excluding tert-OH is 1. The maximum atomic E-state index is 14.8. The molecule has 4 unspecified atom stereocenters. The van der Waals surface area contributed by atoms with Crippen LogP contribution in [0.1, 0.15) is 110 Å². The zero-order valence-corrected chi connectivity index (χ0v) is 30.5. The number of hydrogen-bond acceptors (Lipinski definition) is 8. The van der Waals surface area contributed by atoms with Crippen LogP contribution in [0.4, 0.5) is 0 Å². The molecule has 4 atom stereocenters. The van der Waals surface area contributed by atoms with Crippen LogP contribution in [0.5, 0.6) is 5.75 Å². The van der Waals surface area contributed by atoms with Crippen molar-refractivity contribution in [2.24, 2.45) is 11.7 Å². The molecule has 0 radical (unpaired) electrons. The van der Waals surface area contributed by atoms with E-state index in [-0.39, 0.29) is 29.5 Å². The lowest BCUT2D eigenvalue weighted by atomic mass is 9.92. The summed E-state index contributed by atoms with van der Waals surface area (Å²) in [5, 5.41) is 16.3. The Hall–Kier alpha value is -3.22. The van der Waals surface area contributed by atoms with Crippen LogP contribution in [-0.2, 0) is 25.6 Å². The van der Waals surface area contributed by atoms with Gasteiger partial charge in [0.05, 0.1) is 0 Å². The van der Waals surface area contributed by atoms with Crippen molar-refractivity contribution in [3.8, 4) is 5.75 Å². The number of carbonyl (C=O) groups is 4. The first-order valence-corrected chi connectivity index (χ1v) is 18.5. The highest BCUT2D eigenvalue weighted by atomic mass is 16.6. The van der Waals surface area contributed by atoms with Gasteiger partial charge in [-0.25, -0.2) is 0 Å². The Kier molecular flexibility index (Phi) is 16.3. The summed E-state index contributed by atoms with van der Waals surface area (Å²) in [6.45, 7) is 7.89. The highest BCUT2D eigenvalue weighted by Crippen LogP contribution is 2.48. The molecule has 1 aromatic carbocycles. The van der Waals surface area contributed by atoms with Gasteiger partial charge in [0.2, 0.25) is 23.6 Å². The number of carbonyl (C=O) groups excluding carboxylic acids is 4. The van der Waals surface area contributed by atoms with Crippen LogP contribution in [-0.4, -0.2) is 101 Å². The lowest BCUT2D eigenvalue weighted by molar-refractivity contribution is -0.151. The van der Waals surface area contributed by atoms with Crippen molar-refractivity contribution in [3.63, 3.8) is 0 Å². The third-order valence-electron chi connectivity index (χ3n) is 10.0. The van der Waals surface area contributed by atoms with Gasteiger partial charge in [0.15, 0.2) is 0 Å². The number of ether oxygens (including phenoxy) is 1. The normalized spacial score (nSPS) is 19.0. The molecule has 1 aliphatic carbocycles. The van der Waals surface area contributed by atoms with E-state index in [9.17, 15) is 24.3 Å². The molecule has 4 amide bonds. The molecule has 3 rings (SSSR count). The second-order valence-corrected chi connectivity index (χ2v) is 14.1. The lowest BCUT2D eigenvalue weighted by Gasteiger charge is -2.46. The molecule has 1 heterocycles. The van der Waals surface area contributed by atoms with Gasteiger partial charge >= 0.3 is 0 Å². The molecular weight excluding hydrogens is 624 g/mol. The van der Waals surface area contributed by atoms with Crippen molar-refractivity contribution < 1.29 is 29.0 Å². The minimum absolute atomic E-state index is 0.0270. The molecule has 0 bridgehead atoms. The van der Waals surface area contributed by atoms with Crippen LogP contribution >= 0.6 is 0 Å². The first-order chi connectivity index (χ1) is 23.4. The number of aliphatic hydroxyl groups is 1. The molecule has 1 aromatic rings. The predicted molar refractivity (Wildman–Crippen MR) is 190 cm³/mol. The van der Waals surface area contributed by atoms with Crippen molar-refractivity contribution in [3.05, 3.63) is 29.8 Å². The summed E-state index contributed by atoms with van der Waals surface area (Å²) in [5.41, 5.74) is 5.28. The Morgan fingerprint density at radius 2 is 1.69 bits per heavy atom. The molecule has 12 heteroatoms. The summed E-state index contributed by atoms with van der Waals surface area (Å²) in [4.78, 5) is 59.7. The van der Waals surface area contributed by atoms with Gasteiger partial charge < -0.3 is 35.6 Å². The Balaban J connectivity index is 1.88. The number of likely N-dealkylation sites (N-methyl/N-ethyl adjacent to an activating group) is 1. The van der Waals surface area contributed by atoms with Crippen LogP contribution < -0.4 is 21.1 Å². The zero-order chi connectivity index (χ0) is 36.0. The smallest absolute Gasteiger partial charge is 0.257 e. The van der Waals surface area contributed by atoms with Gasteiger partial charge in [-0.1, -0.05) is 58.6 Å². The summed E-state index contributed by atoms with van der Waals surface area (Å²) >= 11 is 0. The monoisotopic (exact) mass is 686 g/mol. The maximum absolute atomic E-state index is 14.8. The number of nitrogens with zero attached hydrogens (tertiary/aromatic N) is 3. The third-order valence-corrected chi connectivity index (χ3v) is 10.0. The van der Waals surface area contributed by atoms with Crippen molar-refractivity contribution >= 4 is 23.6 Å². The molecule has 49 heavy (non-hydrogen) atoms. The third kappa shape index (κ3) is 11.1. The summed E-state index contributed by atoms with van der Waals surface area (Å²) in [7, 11) is 3.91. The predicted octanol–water partition coefficient (Wildman–Crippen LogP) is 3.50. The van der Waals surface area contributed by atoms with Gasteiger partial charge in [-0.2, -0.15) is 0 Å². The average molecular weight is 687 g/mol. The van der Waals surface area contributed by atoms with E-state index in [0.29, 0.717) is 70.2 Å². The van der Waals surface area contributed by atoms with Crippen molar-refractivity contribution in [1.29, 1.82) is 0 Å². The molecule has 5 N–H and O–H groups in total. The summed E-state index contributed by atoms with van der Waals surface area (Å²) in [6.07, 6.45) is 8.41. The second-order valence-electron chi connectivity index (χ2n) is 14.1. The van der Waals surface area contributed by atoms with E-state index in [1.54, 1.807) is 12.1 Å². The van der Waals surface area contributed by atoms with Gasteiger partial charge in [-0.15, -0.1) is 0 Å². The standard InChI is InChI=1S/C37H62N6O6/c1-6-8-10-16-32(45)42-30(26-28-17-19-29(20-18-28)49-36(48)40-24-25-41(4)5)35(47)43(37(42)21-12-13-22-37)33(27(3)7-2)34(46)39-23-14-9-11-15-31(38)44/h17-20,27,30,33,36,40,48H,6-16,21-26H2,1-5H3,(H2,38,44)(H,39,46). The van der Waals surface area contributed by atoms with Crippen LogP contribution in [0.25, 0.3) is 0 Å². The second kappa shape index (κ2) is 19.8. The van der Waals surface area contributed by atoms with Crippen molar-refractivity contribution in [2.45, 2.75) is 135 Å². The topological polar surface area (TPSA) is 158 Å². The minimum Gasteiger partial charge on any atom is -0.451 e. The summed E-state index contributed by atoms with van der Waals surface area (Å²) in [6, 6.07) is 5.83. The number of amides is 4. The van der Waals surface area contributed by atoms with Crippen LogP contribution in [0.2, 0.25) is 0 Å². The highest BCUT2D eigenvalue weighted by molar-refractivity contribution is 5.96. The first-order valence-electron chi connectivity index (χ1n) is 18.5. The highest BCUT2D eigenvalue weighted by Gasteiger charge is 2.62. The first kappa shape index (κ1) is 40.2. The minimum atomic E-state index is -1.16. The zero-order valence-electron chi connectivity index (χ0n) is 30.5. The van der Waals surface area contributed by atoms with Crippen molar-refractivity contribution in [1.82, 2.24) is 25.3 Å². The van der Waals surface area contributed by atoms with E-state index in [0.717, 1.165) is 50.6 Å². The molecule has 2 aliphatic rings. The fourth-order valence-electron chi connectivity index (χ4n) is 7.21. The molecular formula is C37H62N6O6. The summed E-state index contributed by atoms with van der Waals surface area (Å²) < 4.78 is 5.63.